The maximum absolute atomic E-state index is 12.5. The fourth-order valence-electron chi connectivity index (χ4n) is 3.04. The van der Waals surface area contributed by atoms with E-state index in [1.807, 2.05) is 0 Å². The van der Waals surface area contributed by atoms with E-state index >= 15 is 0 Å². The molecule has 11 heteroatoms. The van der Waals surface area contributed by atoms with Crippen LogP contribution in [-0.2, 0) is 21.0 Å². The van der Waals surface area contributed by atoms with Crippen LogP contribution in [0.5, 0.6) is 0 Å². The van der Waals surface area contributed by atoms with E-state index < -0.39 is 33.6 Å². The van der Waals surface area contributed by atoms with Crippen LogP contribution in [0.1, 0.15) is 34.3 Å². The Morgan fingerprint density at radius 1 is 0.906 bits per heavy atom. The molecular weight excluding hydrogens is 447 g/mol. The van der Waals surface area contributed by atoms with Gasteiger partial charge in [-0.15, -0.1) is 0 Å². The second-order valence-electron chi connectivity index (χ2n) is 7.03. The highest BCUT2D eigenvalue weighted by Crippen LogP contribution is 2.29. The van der Waals surface area contributed by atoms with Crippen molar-refractivity contribution < 1.29 is 31.2 Å². The molecule has 0 saturated carbocycles. The molecule has 1 heterocycles. The molecule has 2 amide bonds. The molecule has 0 aliphatic carbocycles. The summed E-state index contributed by atoms with van der Waals surface area (Å²) in [5, 5.41) is 0. The van der Waals surface area contributed by atoms with E-state index in [1.54, 1.807) is 0 Å². The zero-order valence-electron chi connectivity index (χ0n) is 16.7. The van der Waals surface area contributed by atoms with Crippen molar-refractivity contribution in [1.82, 2.24) is 15.2 Å². The first-order valence-electron chi connectivity index (χ1n) is 9.63. The number of benzene rings is 2. The van der Waals surface area contributed by atoms with Gasteiger partial charge in [0, 0.05) is 24.7 Å². The molecule has 3 rings (SSSR count). The maximum Gasteiger partial charge on any atom is 0.416 e. The van der Waals surface area contributed by atoms with Crippen LogP contribution < -0.4 is 10.9 Å². The number of carbonyl (C=O) groups is 2. The number of rotatable bonds is 5. The number of amides is 2. The second-order valence-corrected chi connectivity index (χ2v) is 8.97. The van der Waals surface area contributed by atoms with Gasteiger partial charge in [-0.25, -0.2) is 8.42 Å². The Labute approximate surface area is 182 Å². The molecule has 32 heavy (non-hydrogen) atoms. The molecule has 0 spiro atoms. The third-order valence-corrected chi connectivity index (χ3v) is 6.70. The van der Waals surface area contributed by atoms with Gasteiger partial charge in [-0.1, -0.05) is 12.1 Å². The highest BCUT2D eigenvalue weighted by molar-refractivity contribution is 7.89. The fraction of sp³-hybridized carbons (Fsp3) is 0.238. The van der Waals surface area contributed by atoms with Crippen molar-refractivity contribution in [1.29, 1.82) is 0 Å². The summed E-state index contributed by atoms with van der Waals surface area (Å²) < 4.78 is 64.0. The molecule has 0 bridgehead atoms. The quantitative estimate of drug-likeness (QED) is 0.522. The second kappa shape index (κ2) is 9.53. The SMILES string of the molecule is O=C(/C=C/c1ccc(C(F)(F)F)cc1)NNC(=O)c1ccc(S(=O)(=O)N2CCCC2)cc1. The molecule has 1 aliphatic heterocycles. The Kier molecular flexibility index (Phi) is 6.99. The van der Waals surface area contributed by atoms with E-state index in [-0.39, 0.29) is 10.5 Å². The first-order valence-corrected chi connectivity index (χ1v) is 11.1. The number of alkyl halides is 3. The van der Waals surface area contributed by atoms with Crippen molar-refractivity contribution in [2.45, 2.75) is 23.9 Å². The standard InChI is InChI=1S/C21H20F3N3O4S/c22-21(23,24)17-8-3-15(4-9-17)5-12-19(28)25-26-20(29)16-6-10-18(11-7-16)32(30,31)27-13-1-2-14-27/h3-12H,1-2,13-14H2,(H,25,28)(H,26,29)/b12-5+. The number of hydrogen-bond donors (Lipinski definition) is 2. The molecular formula is C21H20F3N3O4S. The Hall–Kier alpha value is -3.18. The summed E-state index contributed by atoms with van der Waals surface area (Å²) >= 11 is 0. The summed E-state index contributed by atoms with van der Waals surface area (Å²) in [5.41, 5.74) is 4.03. The number of hydrogen-bond acceptors (Lipinski definition) is 4. The van der Waals surface area contributed by atoms with Gasteiger partial charge in [0.05, 0.1) is 10.5 Å². The van der Waals surface area contributed by atoms with Gasteiger partial charge in [-0.2, -0.15) is 17.5 Å². The van der Waals surface area contributed by atoms with E-state index in [0.717, 1.165) is 31.1 Å². The van der Waals surface area contributed by atoms with Crippen LogP contribution in [0.15, 0.2) is 59.5 Å². The van der Waals surface area contributed by atoms with Crippen molar-refractivity contribution in [3.8, 4) is 0 Å². The van der Waals surface area contributed by atoms with Crippen LogP contribution in [0.25, 0.3) is 6.08 Å². The number of sulfonamides is 1. The number of nitrogens with zero attached hydrogens (tertiary/aromatic N) is 1. The Morgan fingerprint density at radius 3 is 2.06 bits per heavy atom. The minimum atomic E-state index is -4.44. The number of hydrazine groups is 1. The van der Waals surface area contributed by atoms with E-state index in [9.17, 15) is 31.2 Å². The third kappa shape index (κ3) is 5.74. The van der Waals surface area contributed by atoms with E-state index in [2.05, 4.69) is 10.9 Å². The van der Waals surface area contributed by atoms with E-state index in [4.69, 9.17) is 0 Å². The summed E-state index contributed by atoms with van der Waals surface area (Å²) in [6, 6.07) is 9.54. The van der Waals surface area contributed by atoms with E-state index in [0.29, 0.717) is 18.7 Å². The molecule has 2 N–H and O–H groups in total. The Morgan fingerprint density at radius 2 is 1.50 bits per heavy atom. The summed E-state index contributed by atoms with van der Waals surface area (Å²) in [4.78, 5) is 24.1. The normalized spacial score (nSPS) is 15.1. The van der Waals surface area contributed by atoms with Crippen LogP contribution in [0.2, 0.25) is 0 Å². The van der Waals surface area contributed by atoms with Gasteiger partial charge >= 0.3 is 6.18 Å². The summed E-state index contributed by atoms with van der Waals surface area (Å²) in [7, 11) is -3.59. The van der Waals surface area contributed by atoms with Gasteiger partial charge in [0.2, 0.25) is 10.0 Å². The average molecular weight is 467 g/mol. The van der Waals surface area contributed by atoms with Gasteiger partial charge in [0.15, 0.2) is 0 Å². The predicted octanol–water partition coefficient (Wildman–Crippen LogP) is 2.96. The summed E-state index contributed by atoms with van der Waals surface area (Å²) in [5.74, 6) is -1.36. The molecule has 0 unspecified atom stereocenters. The Bertz CT molecular complexity index is 1110. The van der Waals surface area contributed by atoms with Crippen LogP contribution in [0.3, 0.4) is 0 Å². The lowest BCUT2D eigenvalue weighted by molar-refractivity contribution is -0.137. The van der Waals surface area contributed by atoms with Gasteiger partial charge in [0.1, 0.15) is 0 Å². The van der Waals surface area contributed by atoms with Crippen molar-refractivity contribution in [3.63, 3.8) is 0 Å². The minimum absolute atomic E-state index is 0.0828. The molecule has 1 aliphatic rings. The number of carbonyl (C=O) groups excluding carboxylic acids is 2. The predicted molar refractivity (Wildman–Crippen MR) is 111 cm³/mol. The lowest BCUT2D eigenvalue weighted by Crippen LogP contribution is -2.40. The van der Waals surface area contributed by atoms with Crippen LogP contribution in [0.4, 0.5) is 13.2 Å². The zero-order chi connectivity index (χ0) is 23.4. The van der Waals surface area contributed by atoms with Crippen molar-refractivity contribution in [2.24, 2.45) is 0 Å². The highest BCUT2D eigenvalue weighted by atomic mass is 32.2. The molecule has 0 atom stereocenters. The number of halogens is 3. The molecule has 2 aromatic carbocycles. The Balaban J connectivity index is 1.53. The molecule has 7 nitrogen and oxygen atoms in total. The van der Waals surface area contributed by atoms with Crippen molar-refractivity contribution >= 4 is 27.9 Å². The molecule has 0 radical (unpaired) electrons. The fourth-order valence-corrected chi connectivity index (χ4v) is 4.56. The van der Waals surface area contributed by atoms with Crippen molar-refractivity contribution in [2.75, 3.05) is 13.1 Å². The lowest BCUT2D eigenvalue weighted by atomic mass is 10.1. The number of nitrogens with one attached hydrogen (secondary N) is 2. The summed E-state index contributed by atoms with van der Waals surface area (Å²) in [6.07, 6.45) is -0.478. The highest BCUT2D eigenvalue weighted by Gasteiger charge is 2.30. The van der Waals surface area contributed by atoms with Gasteiger partial charge in [-0.05, 0) is 60.9 Å². The minimum Gasteiger partial charge on any atom is -0.268 e. The van der Waals surface area contributed by atoms with Gasteiger partial charge in [-0.3, -0.25) is 20.4 Å². The van der Waals surface area contributed by atoms with Gasteiger partial charge in [0.25, 0.3) is 11.8 Å². The third-order valence-electron chi connectivity index (χ3n) is 4.78. The van der Waals surface area contributed by atoms with Crippen LogP contribution in [-0.4, -0.2) is 37.6 Å². The first-order chi connectivity index (χ1) is 15.1. The topological polar surface area (TPSA) is 95.6 Å². The largest absolute Gasteiger partial charge is 0.416 e. The average Bonchev–Trinajstić information content (AvgIpc) is 3.32. The molecule has 1 fully saturated rings. The zero-order valence-corrected chi connectivity index (χ0v) is 17.5. The first kappa shape index (κ1) is 23.5. The lowest BCUT2D eigenvalue weighted by Gasteiger charge is -2.15. The smallest absolute Gasteiger partial charge is 0.268 e. The van der Waals surface area contributed by atoms with E-state index in [1.165, 1.54) is 46.8 Å². The van der Waals surface area contributed by atoms with Gasteiger partial charge < -0.3 is 0 Å². The monoisotopic (exact) mass is 467 g/mol. The molecule has 170 valence electrons. The van der Waals surface area contributed by atoms with Crippen LogP contribution >= 0.6 is 0 Å². The molecule has 0 aromatic heterocycles. The summed E-state index contributed by atoms with van der Waals surface area (Å²) in [6.45, 7) is 0.938. The molecule has 2 aromatic rings. The van der Waals surface area contributed by atoms with Crippen molar-refractivity contribution in [3.05, 3.63) is 71.3 Å². The maximum atomic E-state index is 12.5. The van der Waals surface area contributed by atoms with Crippen LogP contribution in [0, 0.1) is 0 Å². The molecule has 1 saturated heterocycles.